The van der Waals surface area contributed by atoms with Gasteiger partial charge in [0.05, 0.1) is 18.9 Å². The summed E-state index contributed by atoms with van der Waals surface area (Å²) in [5.41, 5.74) is 0.0391. The Morgan fingerprint density at radius 1 is 0.914 bits per heavy atom. The molecule has 0 aliphatic heterocycles. The summed E-state index contributed by atoms with van der Waals surface area (Å²) >= 11 is 0. The first-order valence-corrected chi connectivity index (χ1v) is 13.9. The first kappa shape index (κ1) is 26.7. The zero-order valence-electron chi connectivity index (χ0n) is 20.7. The molecule has 0 heterocycles. The molecule has 3 aromatic rings. The van der Waals surface area contributed by atoms with Gasteiger partial charge >= 0.3 is 5.97 Å². The summed E-state index contributed by atoms with van der Waals surface area (Å²) in [5, 5.41) is 12.4. The molecule has 0 unspecified atom stereocenters. The summed E-state index contributed by atoms with van der Waals surface area (Å²) in [6, 6.07) is 25.9. The maximum absolute atomic E-state index is 15.3. The molecule has 6 heteroatoms. The second-order valence-corrected chi connectivity index (χ2v) is 11.7. The Balaban J connectivity index is 2.22. The lowest BCUT2D eigenvalue weighted by Gasteiger charge is -2.35. The van der Waals surface area contributed by atoms with Crippen LogP contribution >= 0.6 is 7.14 Å². The van der Waals surface area contributed by atoms with Crippen LogP contribution in [0.2, 0.25) is 0 Å². The van der Waals surface area contributed by atoms with Crippen LogP contribution < -0.4 is 15.3 Å². The molecular formula is C29H35O5P. The standard InChI is InChI=1S/C29H35O5P/c1-4-5-12-24(31)21-28(29(34-22(2)30)23-17-19-25(33-3)20-18-23)35(32,26-13-8-6-9-14-26)27-15-10-7-11-16-27/h6-11,13-20,24,28-29,31H,4-5,12,21H2,1-3H3/t24-,28-,29+/m1/s1. The molecule has 0 spiro atoms. The van der Waals surface area contributed by atoms with Crippen molar-refractivity contribution in [3.63, 3.8) is 0 Å². The smallest absolute Gasteiger partial charge is 0.303 e. The van der Waals surface area contributed by atoms with Crippen molar-refractivity contribution in [2.75, 3.05) is 7.11 Å². The van der Waals surface area contributed by atoms with E-state index in [0.717, 1.165) is 12.8 Å². The highest BCUT2D eigenvalue weighted by atomic mass is 31.2. The number of carbonyl (C=O) groups excluding carboxylic acids is 1. The Morgan fingerprint density at radius 2 is 1.46 bits per heavy atom. The molecule has 0 bridgehead atoms. The van der Waals surface area contributed by atoms with Crippen molar-refractivity contribution >= 4 is 23.7 Å². The Labute approximate surface area is 208 Å². The summed E-state index contributed by atoms with van der Waals surface area (Å²) in [6.45, 7) is 3.43. The molecule has 3 rings (SSSR count). The van der Waals surface area contributed by atoms with Crippen LogP contribution in [0.5, 0.6) is 5.75 Å². The van der Waals surface area contributed by atoms with E-state index in [1.807, 2.05) is 72.8 Å². The number of unbranched alkanes of at least 4 members (excludes halogenated alkanes) is 1. The molecule has 0 amide bonds. The van der Waals surface area contributed by atoms with Crippen LogP contribution in [0.1, 0.15) is 51.2 Å². The topological polar surface area (TPSA) is 72.8 Å². The average Bonchev–Trinajstić information content (AvgIpc) is 2.90. The minimum atomic E-state index is -3.39. The first-order chi connectivity index (χ1) is 16.9. The van der Waals surface area contributed by atoms with Crippen LogP contribution in [0.25, 0.3) is 0 Å². The van der Waals surface area contributed by atoms with E-state index < -0.39 is 31.0 Å². The quantitative estimate of drug-likeness (QED) is 0.261. The fourth-order valence-electron chi connectivity index (χ4n) is 4.47. The number of aliphatic hydroxyl groups is 1. The fraction of sp³-hybridized carbons (Fsp3) is 0.345. The minimum absolute atomic E-state index is 0.227. The maximum Gasteiger partial charge on any atom is 0.303 e. The number of hydrogen-bond acceptors (Lipinski definition) is 5. The van der Waals surface area contributed by atoms with Crippen LogP contribution in [-0.2, 0) is 14.1 Å². The summed E-state index contributed by atoms with van der Waals surface area (Å²) in [7, 11) is -1.80. The highest BCUT2D eigenvalue weighted by molar-refractivity contribution is 7.79. The summed E-state index contributed by atoms with van der Waals surface area (Å²) in [6.07, 6.45) is 1.12. The first-order valence-electron chi connectivity index (χ1n) is 12.1. The van der Waals surface area contributed by atoms with E-state index in [4.69, 9.17) is 9.47 Å². The molecule has 1 N–H and O–H groups in total. The van der Waals surface area contributed by atoms with Crippen LogP contribution in [0.15, 0.2) is 84.9 Å². The molecule has 0 fully saturated rings. The van der Waals surface area contributed by atoms with E-state index in [2.05, 4.69) is 6.92 Å². The largest absolute Gasteiger partial charge is 0.497 e. The summed E-state index contributed by atoms with van der Waals surface area (Å²) < 4.78 is 26.5. The second-order valence-electron chi connectivity index (χ2n) is 8.73. The number of ether oxygens (including phenoxy) is 2. The van der Waals surface area contributed by atoms with Crippen LogP contribution in [0.4, 0.5) is 0 Å². The zero-order chi connectivity index (χ0) is 25.3. The van der Waals surface area contributed by atoms with E-state index in [0.29, 0.717) is 28.3 Å². The third-order valence-corrected chi connectivity index (χ3v) is 9.78. The van der Waals surface area contributed by atoms with Crippen LogP contribution in [-0.4, -0.2) is 29.9 Å². The van der Waals surface area contributed by atoms with Gasteiger partial charge in [-0.2, -0.15) is 0 Å². The summed E-state index contributed by atoms with van der Waals surface area (Å²) in [4.78, 5) is 12.3. The van der Waals surface area contributed by atoms with Gasteiger partial charge in [-0.1, -0.05) is 92.6 Å². The van der Waals surface area contributed by atoms with Crippen molar-refractivity contribution in [1.29, 1.82) is 0 Å². The number of aliphatic hydroxyl groups excluding tert-OH is 1. The highest BCUT2D eigenvalue weighted by Gasteiger charge is 2.44. The van der Waals surface area contributed by atoms with Gasteiger partial charge in [-0.15, -0.1) is 0 Å². The lowest BCUT2D eigenvalue weighted by Crippen LogP contribution is -2.35. The van der Waals surface area contributed by atoms with E-state index in [9.17, 15) is 9.90 Å². The van der Waals surface area contributed by atoms with Crippen LogP contribution in [0, 0.1) is 0 Å². The van der Waals surface area contributed by atoms with Gasteiger partial charge in [0, 0.05) is 17.5 Å². The second kappa shape index (κ2) is 12.7. The molecular weight excluding hydrogens is 459 g/mol. The molecule has 3 aromatic carbocycles. The molecule has 35 heavy (non-hydrogen) atoms. The molecule has 0 radical (unpaired) electrons. The fourth-order valence-corrected chi connectivity index (χ4v) is 7.92. The van der Waals surface area contributed by atoms with Crippen molar-refractivity contribution in [3.05, 3.63) is 90.5 Å². The van der Waals surface area contributed by atoms with Crippen molar-refractivity contribution in [2.45, 2.75) is 57.4 Å². The summed E-state index contributed by atoms with van der Waals surface area (Å²) in [5.74, 6) is 0.204. The van der Waals surface area contributed by atoms with Crippen molar-refractivity contribution in [3.8, 4) is 5.75 Å². The molecule has 0 aliphatic carbocycles. The average molecular weight is 495 g/mol. The molecule has 5 nitrogen and oxygen atoms in total. The zero-order valence-corrected chi connectivity index (χ0v) is 21.6. The molecule has 186 valence electrons. The molecule has 0 saturated carbocycles. The number of carbonyl (C=O) groups is 1. The van der Waals surface area contributed by atoms with Gasteiger partial charge in [-0.25, -0.2) is 0 Å². The Hall–Kier alpha value is -2.88. The maximum atomic E-state index is 15.3. The predicted octanol–water partition coefficient (Wildman–Crippen LogP) is 5.62. The van der Waals surface area contributed by atoms with E-state index in [1.165, 1.54) is 6.92 Å². The SMILES string of the molecule is CCCC[C@@H](O)C[C@H]([C@@H](OC(C)=O)c1ccc(OC)cc1)P(=O)(c1ccccc1)c1ccccc1. The number of methoxy groups -OCH3 is 1. The predicted molar refractivity (Wildman–Crippen MR) is 141 cm³/mol. The van der Waals surface area contributed by atoms with E-state index >= 15 is 4.57 Å². The lowest BCUT2D eigenvalue weighted by atomic mass is 9.99. The van der Waals surface area contributed by atoms with Crippen molar-refractivity contribution < 1.29 is 23.9 Å². The molecule has 0 aliphatic rings. The van der Waals surface area contributed by atoms with Crippen LogP contribution in [0.3, 0.4) is 0 Å². The highest BCUT2D eigenvalue weighted by Crippen LogP contribution is 2.56. The third kappa shape index (κ3) is 6.62. The van der Waals surface area contributed by atoms with Gasteiger partial charge in [-0.05, 0) is 30.5 Å². The van der Waals surface area contributed by atoms with Gasteiger partial charge in [0.15, 0.2) is 0 Å². The Kier molecular flexibility index (Phi) is 9.71. The number of hydrogen-bond donors (Lipinski definition) is 1. The number of rotatable bonds is 12. The molecule has 0 aromatic heterocycles. The number of esters is 1. The van der Waals surface area contributed by atoms with Gasteiger partial charge in [0.1, 0.15) is 19.0 Å². The minimum Gasteiger partial charge on any atom is -0.497 e. The normalized spacial score (nSPS) is 14.1. The van der Waals surface area contributed by atoms with Crippen molar-refractivity contribution in [1.82, 2.24) is 0 Å². The van der Waals surface area contributed by atoms with Gasteiger partial charge in [-0.3, -0.25) is 4.79 Å². The Morgan fingerprint density at radius 3 is 1.91 bits per heavy atom. The Bertz CT molecular complexity index is 1060. The number of benzene rings is 3. The van der Waals surface area contributed by atoms with Gasteiger partial charge in [0.25, 0.3) is 0 Å². The molecule has 0 saturated heterocycles. The van der Waals surface area contributed by atoms with E-state index in [1.54, 1.807) is 19.2 Å². The van der Waals surface area contributed by atoms with Gasteiger partial charge < -0.3 is 19.1 Å². The van der Waals surface area contributed by atoms with E-state index in [-0.39, 0.29) is 6.42 Å². The lowest BCUT2D eigenvalue weighted by molar-refractivity contribution is -0.147. The molecule has 3 atom stereocenters. The van der Waals surface area contributed by atoms with Crippen molar-refractivity contribution in [2.24, 2.45) is 0 Å². The van der Waals surface area contributed by atoms with Gasteiger partial charge in [0.2, 0.25) is 0 Å². The monoisotopic (exact) mass is 494 g/mol. The third-order valence-electron chi connectivity index (χ3n) is 6.24.